The van der Waals surface area contributed by atoms with Gasteiger partial charge in [0.15, 0.2) is 0 Å². The van der Waals surface area contributed by atoms with Gasteiger partial charge in [0.1, 0.15) is 11.6 Å². The number of unbranched alkanes of at least 4 members (excludes halogenated alkanes) is 10. The zero-order valence-electron chi connectivity index (χ0n) is 23.4. The van der Waals surface area contributed by atoms with Crippen LogP contribution >= 0.6 is 0 Å². The van der Waals surface area contributed by atoms with Gasteiger partial charge in [0.2, 0.25) is 0 Å². The van der Waals surface area contributed by atoms with E-state index in [0.717, 1.165) is 0 Å². The molecule has 0 aliphatic rings. The monoisotopic (exact) mass is 604 g/mol. The van der Waals surface area contributed by atoms with Gasteiger partial charge in [-0.15, -0.1) is 0 Å². The summed E-state index contributed by atoms with van der Waals surface area (Å²) in [5, 5.41) is 20.1. The molecule has 0 saturated carbocycles. The Morgan fingerprint density at radius 2 is 0.829 bits per heavy atom. The Morgan fingerprint density at radius 1 is 0.543 bits per heavy atom. The Labute approximate surface area is 225 Å². The van der Waals surface area contributed by atoms with Crippen LogP contribution in [-0.4, -0.2) is 44.6 Å². The number of carboxylic acid groups (broad SMARTS) is 2. The first kappa shape index (κ1) is 38.6. The fourth-order valence-corrected chi connectivity index (χ4v) is 6.99. The van der Waals surface area contributed by atoms with Crippen molar-refractivity contribution in [2.45, 2.75) is 140 Å². The van der Waals surface area contributed by atoms with Gasteiger partial charge in [0, 0.05) is 0 Å². The van der Waals surface area contributed by atoms with E-state index in [9.17, 15) is 29.4 Å². The number of hydrogen-bond acceptors (Lipinski definition) is 6. The summed E-state index contributed by atoms with van der Waals surface area (Å²) in [6, 6.07) is 0. The molecule has 0 aromatic carbocycles. The van der Waals surface area contributed by atoms with E-state index in [1.54, 1.807) is 35.6 Å². The summed E-state index contributed by atoms with van der Waals surface area (Å²) < 4.78 is 3.31. The molecule has 0 radical (unpaired) electrons. The molecule has 0 saturated heterocycles. The number of hydrogen-bond donors (Lipinski definition) is 0. The van der Waals surface area contributed by atoms with Crippen molar-refractivity contribution < 1.29 is 29.4 Å². The summed E-state index contributed by atoms with van der Waals surface area (Å²) in [5.41, 5.74) is 0. The average Bonchev–Trinajstić information content (AvgIpc) is 2.77. The minimum atomic E-state index is -1.27. The van der Waals surface area contributed by atoms with Crippen molar-refractivity contribution in [3.8, 4) is 0 Å². The van der Waals surface area contributed by atoms with Crippen molar-refractivity contribution in [3.63, 3.8) is 0 Å². The molecule has 0 N–H and O–H groups in total. The van der Waals surface area contributed by atoms with Crippen LogP contribution in [0.25, 0.3) is 0 Å². The van der Waals surface area contributed by atoms with Crippen LogP contribution in [0.2, 0.25) is 8.87 Å². The van der Waals surface area contributed by atoms with Gasteiger partial charge in [0.05, 0.1) is 23.8 Å². The number of carbonyl (C=O) groups is 4. The second-order valence-electron chi connectivity index (χ2n) is 9.07. The Balaban J connectivity index is -0.000000481. The van der Waals surface area contributed by atoms with Gasteiger partial charge >= 0.3 is 121 Å². The van der Waals surface area contributed by atoms with Crippen LogP contribution in [0.15, 0.2) is 0 Å². The molecule has 0 heterocycles. The van der Waals surface area contributed by atoms with Crippen LogP contribution in [0.1, 0.15) is 131 Å². The summed E-state index contributed by atoms with van der Waals surface area (Å²) in [6.07, 6.45) is 18.5. The molecule has 0 aromatic heterocycles. The second kappa shape index (κ2) is 29.3. The SMILES string of the molecule is CCC(C(C)=O)C(=O)[O-].CCC(C(C)=O)C(=O)[O-].CCCCCCC[CH2][Sn+2][CH2]CCCCCCC. The number of carbonyl (C=O) groups excluding carboxylic acids is 4. The zero-order chi connectivity index (χ0) is 27.5. The van der Waals surface area contributed by atoms with Crippen LogP contribution < -0.4 is 10.2 Å². The van der Waals surface area contributed by atoms with Gasteiger partial charge in [-0.05, 0) is 26.7 Å². The molecular formula is C28H52O6Sn. The third-order valence-electron chi connectivity index (χ3n) is 5.78. The molecule has 0 rings (SSSR count). The average molecular weight is 603 g/mol. The summed E-state index contributed by atoms with van der Waals surface area (Å²) in [5.74, 6) is -5.04. The molecule has 6 nitrogen and oxygen atoms in total. The third kappa shape index (κ3) is 29.2. The fraction of sp³-hybridized carbons (Fsp3) is 0.857. The van der Waals surface area contributed by atoms with Crippen molar-refractivity contribution in [1.29, 1.82) is 0 Å². The van der Waals surface area contributed by atoms with E-state index in [-0.39, 0.29) is 32.7 Å². The van der Waals surface area contributed by atoms with Crippen LogP contribution in [0.3, 0.4) is 0 Å². The number of rotatable bonds is 20. The van der Waals surface area contributed by atoms with E-state index < -0.39 is 23.8 Å². The van der Waals surface area contributed by atoms with E-state index in [2.05, 4.69) is 13.8 Å². The van der Waals surface area contributed by atoms with Gasteiger partial charge in [0.25, 0.3) is 0 Å². The molecule has 0 aliphatic heterocycles. The molecule has 0 aromatic rings. The van der Waals surface area contributed by atoms with Crippen LogP contribution in [-0.2, 0) is 19.2 Å². The van der Waals surface area contributed by atoms with Crippen molar-refractivity contribution in [2.24, 2.45) is 11.8 Å². The van der Waals surface area contributed by atoms with Crippen molar-refractivity contribution in [1.82, 2.24) is 0 Å². The summed E-state index contributed by atoms with van der Waals surface area (Å²) in [4.78, 5) is 40.9. The molecule has 0 aliphatic carbocycles. The predicted molar refractivity (Wildman–Crippen MR) is 141 cm³/mol. The van der Waals surface area contributed by atoms with E-state index >= 15 is 0 Å². The van der Waals surface area contributed by atoms with Gasteiger partial charge in [-0.3, -0.25) is 9.59 Å². The summed E-state index contributed by atoms with van der Waals surface area (Å²) >= 11 is 0.0736. The molecular weight excluding hydrogens is 551 g/mol. The minimum absolute atomic E-state index is 0.0736. The Kier molecular flexibility index (Phi) is 32.3. The molecule has 0 amide bonds. The van der Waals surface area contributed by atoms with Crippen LogP contribution in [0, 0.1) is 11.8 Å². The molecule has 2 atom stereocenters. The first-order valence-electron chi connectivity index (χ1n) is 13.7. The van der Waals surface area contributed by atoms with Crippen molar-refractivity contribution in [2.75, 3.05) is 0 Å². The van der Waals surface area contributed by atoms with E-state index in [1.165, 1.54) is 78.1 Å². The quantitative estimate of drug-likeness (QED) is 0.111. The van der Waals surface area contributed by atoms with Gasteiger partial charge in [-0.1, -0.05) is 13.8 Å². The van der Waals surface area contributed by atoms with Crippen molar-refractivity contribution >= 4 is 44.6 Å². The normalized spacial score (nSPS) is 11.6. The zero-order valence-corrected chi connectivity index (χ0v) is 26.3. The van der Waals surface area contributed by atoms with Gasteiger partial charge in [-0.2, -0.15) is 0 Å². The molecule has 7 heteroatoms. The molecule has 0 bridgehead atoms. The molecule has 204 valence electrons. The first-order valence-corrected chi connectivity index (χ1v) is 17.8. The molecule has 2 unspecified atom stereocenters. The predicted octanol–water partition coefficient (Wildman–Crippen LogP) is 4.95. The first-order chi connectivity index (χ1) is 16.6. The number of Topliss-reactive ketones (excluding diaryl/α,β-unsaturated/α-hetero) is 2. The Hall–Kier alpha value is -0.921. The maximum absolute atomic E-state index is 10.4. The Morgan fingerprint density at radius 3 is 1.03 bits per heavy atom. The molecule has 0 fully saturated rings. The topological polar surface area (TPSA) is 114 Å². The van der Waals surface area contributed by atoms with Crippen molar-refractivity contribution in [3.05, 3.63) is 0 Å². The third-order valence-corrected chi connectivity index (χ3v) is 9.82. The van der Waals surface area contributed by atoms with E-state index in [1.807, 2.05) is 0 Å². The molecule has 35 heavy (non-hydrogen) atoms. The number of ketones is 2. The number of carboxylic acids is 2. The van der Waals surface area contributed by atoms with Gasteiger partial charge < -0.3 is 19.8 Å². The Bertz CT molecular complexity index is 462. The second-order valence-corrected chi connectivity index (χ2v) is 13.3. The van der Waals surface area contributed by atoms with E-state index in [4.69, 9.17) is 0 Å². The summed E-state index contributed by atoms with van der Waals surface area (Å²) in [7, 11) is 0. The molecule has 0 spiro atoms. The summed E-state index contributed by atoms with van der Waals surface area (Å²) in [6.45, 7) is 10.4. The standard InChI is InChI=1S/2C8H17.2C6H10O3.Sn/c2*1-3-5-7-8-6-4-2;2*1-3-5(4(2)7)6(8)9;/h2*1,3-8H2,2H3;2*5H,3H2,1-2H3,(H,8,9);/q;;;;+2/p-2. The van der Waals surface area contributed by atoms with Crippen LogP contribution in [0.5, 0.6) is 0 Å². The van der Waals surface area contributed by atoms with E-state index in [0.29, 0.717) is 12.8 Å². The maximum atomic E-state index is 10.4. The van der Waals surface area contributed by atoms with Crippen LogP contribution in [0.4, 0.5) is 0 Å². The fourth-order valence-electron chi connectivity index (χ4n) is 3.43. The van der Waals surface area contributed by atoms with Gasteiger partial charge in [-0.25, -0.2) is 0 Å². The number of aliphatic carboxylic acids is 2.